The fourth-order valence-electron chi connectivity index (χ4n) is 3.53. The van der Waals surface area contributed by atoms with Crippen molar-refractivity contribution in [3.8, 4) is 5.75 Å². The Morgan fingerprint density at radius 3 is 2.19 bits per heavy atom. The number of benzene rings is 2. The van der Waals surface area contributed by atoms with Crippen molar-refractivity contribution in [3.63, 3.8) is 0 Å². The molecule has 1 N–H and O–H groups in total. The van der Waals surface area contributed by atoms with E-state index in [0.29, 0.717) is 19.2 Å². The standard InChI is InChI=1S/C22H30N2O2/c1-19(16-20-8-4-2-5-9-20)24-14-12-23(13-15-24)17-21(25)18-26-22-10-6-3-7-11-22/h2-11,19,21,25H,12-18H2,1H3. The third kappa shape index (κ3) is 5.84. The maximum Gasteiger partial charge on any atom is 0.119 e. The highest BCUT2D eigenvalue weighted by atomic mass is 16.5. The van der Waals surface area contributed by atoms with Crippen molar-refractivity contribution in [2.75, 3.05) is 39.3 Å². The van der Waals surface area contributed by atoms with Crippen LogP contribution in [-0.2, 0) is 6.42 Å². The normalized spacial score (nSPS) is 18.4. The number of hydrogen-bond acceptors (Lipinski definition) is 4. The molecule has 0 aliphatic carbocycles. The number of aliphatic hydroxyl groups is 1. The van der Waals surface area contributed by atoms with E-state index in [1.807, 2.05) is 30.3 Å². The summed E-state index contributed by atoms with van der Waals surface area (Å²) in [6, 6.07) is 20.9. The lowest BCUT2D eigenvalue weighted by molar-refractivity contribution is 0.0383. The highest BCUT2D eigenvalue weighted by Gasteiger charge is 2.22. The molecule has 1 aliphatic rings. The molecule has 1 aliphatic heterocycles. The van der Waals surface area contributed by atoms with Crippen molar-refractivity contribution in [3.05, 3.63) is 66.2 Å². The van der Waals surface area contributed by atoms with Crippen LogP contribution in [0, 0.1) is 0 Å². The van der Waals surface area contributed by atoms with Crippen molar-refractivity contribution in [2.24, 2.45) is 0 Å². The molecule has 0 aromatic heterocycles. The number of piperazine rings is 1. The first-order chi connectivity index (χ1) is 12.7. The lowest BCUT2D eigenvalue weighted by Crippen LogP contribution is -2.52. The zero-order valence-electron chi connectivity index (χ0n) is 15.6. The predicted molar refractivity (Wildman–Crippen MR) is 106 cm³/mol. The third-order valence-corrected chi connectivity index (χ3v) is 5.06. The largest absolute Gasteiger partial charge is 0.491 e. The minimum absolute atomic E-state index is 0.342. The van der Waals surface area contributed by atoms with Crippen LogP contribution in [0.15, 0.2) is 60.7 Å². The van der Waals surface area contributed by atoms with Gasteiger partial charge in [0, 0.05) is 38.8 Å². The van der Waals surface area contributed by atoms with Gasteiger partial charge in [-0.05, 0) is 31.0 Å². The molecule has 1 saturated heterocycles. The minimum atomic E-state index is -0.455. The molecule has 0 saturated carbocycles. The fourth-order valence-corrected chi connectivity index (χ4v) is 3.53. The number of nitrogens with zero attached hydrogens (tertiary/aromatic N) is 2. The van der Waals surface area contributed by atoms with Crippen LogP contribution in [0.25, 0.3) is 0 Å². The molecule has 1 heterocycles. The van der Waals surface area contributed by atoms with Crippen LogP contribution < -0.4 is 4.74 Å². The number of ether oxygens (including phenoxy) is 1. The molecular formula is C22H30N2O2. The average molecular weight is 354 g/mol. The monoisotopic (exact) mass is 354 g/mol. The predicted octanol–water partition coefficient (Wildman–Crippen LogP) is 2.68. The van der Waals surface area contributed by atoms with Gasteiger partial charge in [0.25, 0.3) is 0 Å². The van der Waals surface area contributed by atoms with Gasteiger partial charge in [-0.3, -0.25) is 9.80 Å². The average Bonchev–Trinajstić information content (AvgIpc) is 2.68. The molecule has 1 fully saturated rings. The quantitative estimate of drug-likeness (QED) is 0.791. The molecule has 0 radical (unpaired) electrons. The Morgan fingerprint density at radius 1 is 0.923 bits per heavy atom. The van der Waals surface area contributed by atoms with E-state index in [-0.39, 0.29) is 0 Å². The second-order valence-corrected chi connectivity index (χ2v) is 7.15. The van der Waals surface area contributed by atoms with Crippen LogP contribution in [-0.4, -0.2) is 66.4 Å². The van der Waals surface area contributed by atoms with E-state index in [1.54, 1.807) is 0 Å². The summed E-state index contributed by atoms with van der Waals surface area (Å²) in [5.74, 6) is 0.811. The van der Waals surface area contributed by atoms with Gasteiger partial charge >= 0.3 is 0 Å². The summed E-state index contributed by atoms with van der Waals surface area (Å²) in [5, 5.41) is 10.3. The summed E-state index contributed by atoms with van der Waals surface area (Å²) in [7, 11) is 0. The number of aliphatic hydroxyl groups excluding tert-OH is 1. The van der Waals surface area contributed by atoms with Gasteiger partial charge in [-0.1, -0.05) is 48.5 Å². The van der Waals surface area contributed by atoms with Crippen molar-refractivity contribution < 1.29 is 9.84 Å². The van der Waals surface area contributed by atoms with Gasteiger partial charge in [-0.15, -0.1) is 0 Å². The van der Waals surface area contributed by atoms with E-state index >= 15 is 0 Å². The van der Waals surface area contributed by atoms with Crippen molar-refractivity contribution in [1.29, 1.82) is 0 Å². The Hall–Kier alpha value is -1.88. The van der Waals surface area contributed by atoms with Gasteiger partial charge in [-0.2, -0.15) is 0 Å². The molecule has 2 aromatic rings. The SMILES string of the molecule is CC(Cc1ccccc1)N1CCN(CC(O)COc2ccccc2)CC1. The van der Waals surface area contributed by atoms with E-state index in [4.69, 9.17) is 4.74 Å². The van der Waals surface area contributed by atoms with E-state index < -0.39 is 6.10 Å². The second kappa shape index (κ2) is 9.72. The van der Waals surface area contributed by atoms with Crippen LogP contribution in [0.5, 0.6) is 5.75 Å². The third-order valence-electron chi connectivity index (χ3n) is 5.06. The lowest BCUT2D eigenvalue weighted by atomic mass is 10.1. The van der Waals surface area contributed by atoms with Gasteiger partial charge in [0.05, 0.1) is 0 Å². The topological polar surface area (TPSA) is 35.9 Å². The van der Waals surface area contributed by atoms with Crippen LogP contribution in [0.3, 0.4) is 0 Å². The van der Waals surface area contributed by atoms with Crippen LogP contribution >= 0.6 is 0 Å². The first kappa shape index (κ1) is 18.9. The molecular weight excluding hydrogens is 324 g/mol. The minimum Gasteiger partial charge on any atom is -0.491 e. The molecule has 4 nitrogen and oxygen atoms in total. The Morgan fingerprint density at radius 2 is 1.54 bits per heavy atom. The van der Waals surface area contributed by atoms with Crippen molar-refractivity contribution in [2.45, 2.75) is 25.5 Å². The molecule has 2 unspecified atom stereocenters. The summed E-state index contributed by atoms with van der Waals surface area (Å²) in [5.41, 5.74) is 1.40. The molecule has 26 heavy (non-hydrogen) atoms. The summed E-state index contributed by atoms with van der Waals surface area (Å²) in [6.45, 7) is 7.44. The Bertz CT molecular complexity index is 627. The number of hydrogen-bond donors (Lipinski definition) is 1. The smallest absolute Gasteiger partial charge is 0.119 e. The summed E-state index contributed by atoms with van der Waals surface area (Å²) in [6.07, 6.45) is 0.637. The first-order valence-corrected chi connectivity index (χ1v) is 9.57. The van der Waals surface area contributed by atoms with Crippen LogP contribution in [0.1, 0.15) is 12.5 Å². The maximum atomic E-state index is 10.3. The summed E-state index contributed by atoms with van der Waals surface area (Å²) < 4.78 is 5.65. The maximum absolute atomic E-state index is 10.3. The van der Waals surface area contributed by atoms with Crippen LogP contribution in [0.2, 0.25) is 0 Å². The summed E-state index contributed by atoms with van der Waals surface area (Å²) in [4.78, 5) is 4.89. The van der Waals surface area contributed by atoms with Crippen LogP contribution in [0.4, 0.5) is 0 Å². The van der Waals surface area contributed by atoms with Gasteiger partial charge in [0.15, 0.2) is 0 Å². The van der Waals surface area contributed by atoms with E-state index in [0.717, 1.165) is 38.3 Å². The molecule has 2 aromatic carbocycles. The Kier molecular flexibility index (Phi) is 7.06. The van der Waals surface area contributed by atoms with E-state index in [2.05, 4.69) is 47.1 Å². The molecule has 140 valence electrons. The van der Waals surface area contributed by atoms with Gasteiger partial charge < -0.3 is 9.84 Å². The van der Waals surface area contributed by atoms with Crippen molar-refractivity contribution >= 4 is 0 Å². The number of para-hydroxylation sites is 1. The Labute approximate surface area is 157 Å². The van der Waals surface area contributed by atoms with E-state index in [1.165, 1.54) is 5.56 Å². The van der Waals surface area contributed by atoms with Crippen molar-refractivity contribution in [1.82, 2.24) is 9.80 Å². The molecule has 0 bridgehead atoms. The lowest BCUT2D eigenvalue weighted by Gasteiger charge is -2.38. The zero-order valence-corrected chi connectivity index (χ0v) is 15.6. The molecule has 2 atom stereocenters. The molecule has 0 spiro atoms. The Balaban J connectivity index is 1.36. The van der Waals surface area contributed by atoms with Gasteiger partial charge in [0.2, 0.25) is 0 Å². The number of β-amino-alcohol motifs (C(OH)–C–C–N with tert-alkyl or cyclic N) is 1. The molecule has 0 amide bonds. The summed E-state index contributed by atoms with van der Waals surface area (Å²) >= 11 is 0. The van der Waals surface area contributed by atoms with Gasteiger partial charge in [0.1, 0.15) is 18.5 Å². The molecule has 3 rings (SSSR count). The zero-order chi connectivity index (χ0) is 18.2. The molecule has 4 heteroatoms. The second-order valence-electron chi connectivity index (χ2n) is 7.15. The highest BCUT2D eigenvalue weighted by Crippen LogP contribution is 2.13. The number of rotatable bonds is 8. The highest BCUT2D eigenvalue weighted by molar-refractivity contribution is 5.21. The van der Waals surface area contributed by atoms with E-state index in [9.17, 15) is 5.11 Å². The van der Waals surface area contributed by atoms with Gasteiger partial charge in [-0.25, -0.2) is 0 Å². The first-order valence-electron chi connectivity index (χ1n) is 9.57. The fraction of sp³-hybridized carbons (Fsp3) is 0.455.